The Hall–Kier alpha value is -3.15. The highest BCUT2D eigenvalue weighted by Gasteiger charge is 2.39. The summed E-state index contributed by atoms with van der Waals surface area (Å²) < 4.78 is 75.8. The molecule has 0 saturated carbocycles. The van der Waals surface area contributed by atoms with Crippen LogP contribution in [0.1, 0.15) is 18.0 Å². The van der Waals surface area contributed by atoms with Crippen molar-refractivity contribution in [1.29, 1.82) is 5.26 Å². The van der Waals surface area contributed by atoms with E-state index < -0.39 is 29.4 Å². The molecule has 0 aliphatic carbocycles. The average molecular weight is 440 g/mol. The highest BCUT2D eigenvalue weighted by atomic mass is 19.4. The number of alkyl halides is 6. The van der Waals surface area contributed by atoms with E-state index in [1.54, 1.807) is 0 Å². The van der Waals surface area contributed by atoms with Crippen LogP contribution in [0.4, 0.5) is 26.3 Å². The minimum atomic E-state index is -5.08. The van der Waals surface area contributed by atoms with Crippen LogP contribution in [0.2, 0.25) is 0 Å². The summed E-state index contributed by atoms with van der Waals surface area (Å²) in [4.78, 5) is 13.0. The molecule has 164 valence electrons. The molecular formula is C15H14F6N6O3. The SMILES string of the molecule is Cn1nc(C(F)(F)F)cc1-c1noc(CCC2(C#N)CNC2)n1.O=C(O)C(F)(F)F. The summed E-state index contributed by atoms with van der Waals surface area (Å²) in [6.45, 7) is 1.22. The third kappa shape index (κ3) is 5.47. The number of aryl methyl sites for hydroxylation is 2. The van der Waals surface area contributed by atoms with Crippen LogP contribution in [0.3, 0.4) is 0 Å². The van der Waals surface area contributed by atoms with Crippen molar-refractivity contribution in [1.82, 2.24) is 25.2 Å². The van der Waals surface area contributed by atoms with Gasteiger partial charge in [-0.1, -0.05) is 5.16 Å². The van der Waals surface area contributed by atoms with Gasteiger partial charge in [0.1, 0.15) is 5.69 Å². The minimum Gasteiger partial charge on any atom is -0.475 e. The van der Waals surface area contributed by atoms with E-state index in [9.17, 15) is 26.3 Å². The first-order valence-electron chi connectivity index (χ1n) is 8.14. The van der Waals surface area contributed by atoms with Crippen molar-refractivity contribution in [3.63, 3.8) is 0 Å². The number of carbonyl (C=O) groups is 1. The predicted octanol–water partition coefficient (Wildman–Crippen LogP) is 2.17. The Labute approximate surface area is 164 Å². The standard InChI is InChI=1S/C13H13F3N6O.C2HF3O2/c1-22-8(4-9(20-22)13(14,15)16)11-19-10(23-21-11)2-3-12(5-17)6-18-7-12;3-2(4,5)1(6)7/h4,18H,2-3,6-7H2,1H3;(H,6,7). The largest absolute Gasteiger partial charge is 0.490 e. The third-order valence-corrected chi connectivity index (χ3v) is 4.09. The van der Waals surface area contributed by atoms with Gasteiger partial charge in [-0.3, -0.25) is 4.68 Å². The summed E-state index contributed by atoms with van der Waals surface area (Å²) in [5.41, 5.74) is -1.32. The van der Waals surface area contributed by atoms with E-state index in [4.69, 9.17) is 19.7 Å². The Morgan fingerprint density at radius 2 is 1.97 bits per heavy atom. The molecule has 30 heavy (non-hydrogen) atoms. The first-order valence-corrected chi connectivity index (χ1v) is 8.14. The van der Waals surface area contributed by atoms with Crippen LogP contribution in [0.15, 0.2) is 10.6 Å². The van der Waals surface area contributed by atoms with Crippen LogP contribution in [0.5, 0.6) is 0 Å². The predicted molar refractivity (Wildman–Crippen MR) is 84.4 cm³/mol. The van der Waals surface area contributed by atoms with E-state index in [1.807, 2.05) is 0 Å². The number of aromatic nitrogens is 4. The van der Waals surface area contributed by atoms with Crippen LogP contribution in [0.25, 0.3) is 11.5 Å². The topological polar surface area (TPSA) is 130 Å². The number of aliphatic carboxylic acids is 1. The monoisotopic (exact) mass is 440 g/mol. The number of carboxylic acids is 1. The molecule has 15 heteroatoms. The van der Waals surface area contributed by atoms with Gasteiger partial charge in [-0.15, -0.1) is 0 Å². The van der Waals surface area contributed by atoms with Gasteiger partial charge < -0.3 is 14.9 Å². The van der Waals surface area contributed by atoms with Crippen molar-refractivity contribution in [3.8, 4) is 17.6 Å². The summed E-state index contributed by atoms with van der Waals surface area (Å²) in [5.74, 6) is -2.42. The Morgan fingerprint density at radius 1 is 1.37 bits per heavy atom. The first kappa shape index (κ1) is 23.1. The smallest absolute Gasteiger partial charge is 0.475 e. The molecule has 0 bridgehead atoms. The number of hydrogen-bond acceptors (Lipinski definition) is 7. The van der Waals surface area contributed by atoms with Crippen LogP contribution in [-0.2, 0) is 24.4 Å². The molecule has 9 nitrogen and oxygen atoms in total. The molecule has 0 aromatic carbocycles. The Kier molecular flexibility index (Phi) is 6.40. The summed E-state index contributed by atoms with van der Waals surface area (Å²) in [6, 6.07) is 3.14. The lowest BCUT2D eigenvalue weighted by Crippen LogP contribution is -2.52. The number of nitriles is 1. The van der Waals surface area contributed by atoms with Crippen LogP contribution in [-0.4, -0.2) is 50.3 Å². The van der Waals surface area contributed by atoms with E-state index in [1.165, 1.54) is 7.05 Å². The van der Waals surface area contributed by atoms with Gasteiger partial charge in [-0.2, -0.15) is 41.7 Å². The molecule has 1 fully saturated rings. The Balaban J connectivity index is 0.000000396. The lowest BCUT2D eigenvalue weighted by molar-refractivity contribution is -0.192. The quantitative estimate of drug-likeness (QED) is 0.692. The maximum atomic E-state index is 12.7. The van der Waals surface area contributed by atoms with Gasteiger partial charge in [0.2, 0.25) is 11.7 Å². The molecule has 1 saturated heterocycles. The van der Waals surface area contributed by atoms with Crippen LogP contribution >= 0.6 is 0 Å². The van der Waals surface area contributed by atoms with E-state index in [-0.39, 0.29) is 17.4 Å². The van der Waals surface area contributed by atoms with Crippen molar-refractivity contribution in [3.05, 3.63) is 17.7 Å². The van der Waals surface area contributed by atoms with Crippen molar-refractivity contribution in [2.45, 2.75) is 25.2 Å². The second-order valence-corrected chi connectivity index (χ2v) is 6.35. The lowest BCUT2D eigenvalue weighted by atomic mass is 9.79. The first-order chi connectivity index (χ1) is 13.8. The van der Waals surface area contributed by atoms with Crippen LogP contribution < -0.4 is 5.32 Å². The molecule has 2 N–H and O–H groups in total. The molecule has 0 unspecified atom stereocenters. The zero-order valence-electron chi connectivity index (χ0n) is 15.2. The lowest BCUT2D eigenvalue weighted by Gasteiger charge is -2.35. The molecule has 3 rings (SSSR count). The molecule has 1 aliphatic heterocycles. The highest BCUT2D eigenvalue weighted by Crippen LogP contribution is 2.31. The van der Waals surface area contributed by atoms with Gasteiger partial charge in [-0.25, -0.2) is 4.79 Å². The summed E-state index contributed by atoms with van der Waals surface area (Å²) in [5, 5.41) is 26.4. The van der Waals surface area contributed by atoms with E-state index in [0.29, 0.717) is 25.9 Å². The van der Waals surface area contributed by atoms with Gasteiger partial charge in [0, 0.05) is 26.6 Å². The fourth-order valence-corrected chi connectivity index (χ4v) is 2.36. The molecule has 0 radical (unpaired) electrons. The molecule has 0 amide bonds. The van der Waals surface area contributed by atoms with Crippen molar-refractivity contribution < 1.29 is 40.8 Å². The molecule has 3 heterocycles. The van der Waals surface area contributed by atoms with Crippen LogP contribution in [0, 0.1) is 16.7 Å². The Bertz CT molecular complexity index is 938. The minimum absolute atomic E-state index is 0.0447. The number of hydrogen-bond donors (Lipinski definition) is 2. The average Bonchev–Trinajstić information content (AvgIpc) is 3.20. The molecule has 0 atom stereocenters. The van der Waals surface area contributed by atoms with Crippen molar-refractivity contribution in [2.75, 3.05) is 13.1 Å². The Morgan fingerprint density at radius 3 is 2.37 bits per heavy atom. The number of rotatable bonds is 4. The molecule has 2 aromatic rings. The van der Waals surface area contributed by atoms with Gasteiger partial charge in [0.05, 0.1) is 11.5 Å². The van der Waals surface area contributed by atoms with Gasteiger partial charge >= 0.3 is 18.3 Å². The van der Waals surface area contributed by atoms with E-state index >= 15 is 0 Å². The molecule has 0 spiro atoms. The maximum Gasteiger partial charge on any atom is 0.490 e. The van der Waals surface area contributed by atoms with Crippen molar-refractivity contribution >= 4 is 5.97 Å². The van der Waals surface area contributed by atoms with E-state index in [0.717, 1.165) is 10.7 Å². The highest BCUT2D eigenvalue weighted by molar-refractivity contribution is 5.73. The third-order valence-electron chi connectivity index (χ3n) is 4.09. The van der Waals surface area contributed by atoms with E-state index in [2.05, 4.69) is 26.6 Å². The van der Waals surface area contributed by atoms with Gasteiger partial charge in [0.15, 0.2) is 5.69 Å². The zero-order valence-corrected chi connectivity index (χ0v) is 15.2. The molecular weight excluding hydrogens is 426 g/mol. The van der Waals surface area contributed by atoms with Gasteiger partial charge in [0.25, 0.3) is 0 Å². The fourth-order valence-electron chi connectivity index (χ4n) is 2.36. The van der Waals surface area contributed by atoms with Crippen molar-refractivity contribution in [2.24, 2.45) is 12.5 Å². The number of nitrogens with one attached hydrogen (secondary N) is 1. The second-order valence-electron chi connectivity index (χ2n) is 6.35. The number of halogens is 6. The number of carboxylic acid groups (broad SMARTS) is 1. The summed E-state index contributed by atoms with van der Waals surface area (Å²) >= 11 is 0. The summed E-state index contributed by atoms with van der Waals surface area (Å²) in [6.07, 6.45) is -8.66. The fraction of sp³-hybridized carbons (Fsp3) is 0.533. The van der Waals surface area contributed by atoms with Gasteiger partial charge in [-0.05, 0) is 12.5 Å². The zero-order chi connectivity index (χ0) is 22.7. The summed E-state index contributed by atoms with van der Waals surface area (Å²) in [7, 11) is 1.38. The normalized spacial score (nSPS) is 15.5. The molecule has 1 aliphatic rings. The molecule has 2 aromatic heterocycles. The second kappa shape index (κ2) is 8.30. The number of nitrogens with zero attached hydrogens (tertiary/aromatic N) is 5. The maximum absolute atomic E-state index is 12.7.